The summed E-state index contributed by atoms with van der Waals surface area (Å²) in [5.74, 6) is -0.230. The lowest BCUT2D eigenvalue weighted by atomic mass is 9.69. The Labute approximate surface area is 142 Å². The lowest BCUT2D eigenvalue weighted by Crippen LogP contribution is -2.28. The Morgan fingerprint density at radius 3 is 2.17 bits per heavy atom. The molecule has 0 aliphatic carbocycles. The summed E-state index contributed by atoms with van der Waals surface area (Å²) in [6, 6.07) is 21.5. The largest absolute Gasteiger partial charge is 0.197 e. The standard InChI is InChI=1S/C20H17ClN2/c1-2-6-19(17-7-4-3-5-8-17)20(14-22,15-23)13-16-9-11-18(21)12-10-16/h2-5,7-12,19H,1,6,13H2. The fourth-order valence-corrected chi connectivity index (χ4v) is 2.91. The summed E-state index contributed by atoms with van der Waals surface area (Å²) in [6.07, 6.45) is 2.69. The molecule has 0 aromatic heterocycles. The maximum absolute atomic E-state index is 9.82. The average Bonchev–Trinajstić information content (AvgIpc) is 2.60. The van der Waals surface area contributed by atoms with E-state index in [0.717, 1.165) is 11.1 Å². The third kappa shape index (κ3) is 3.81. The zero-order valence-corrected chi connectivity index (χ0v) is 13.5. The van der Waals surface area contributed by atoms with Gasteiger partial charge in [0.1, 0.15) is 0 Å². The minimum absolute atomic E-state index is 0.230. The highest BCUT2D eigenvalue weighted by molar-refractivity contribution is 6.30. The highest BCUT2D eigenvalue weighted by Crippen LogP contribution is 2.41. The van der Waals surface area contributed by atoms with Crippen molar-refractivity contribution in [2.75, 3.05) is 0 Å². The van der Waals surface area contributed by atoms with E-state index in [1.165, 1.54) is 0 Å². The van der Waals surface area contributed by atoms with Crippen molar-refractivity contribution in [3.05, 3.63) is 83.4 Å². The molecular formula is C20H17ClN2. The van der Waals surface area contributed by atoms with E-state index in [1.54, 1.807) is 18.2 Å². The van der Waals surface area contributed by atoms with Gasteiger partial charge in [-0.25, -0.2) is 0 Å². The summed E-state index contributed by atoms with van der Waals surface area (Å²) in [5, 5.41) is 20.3. The van der Waals surface area contributed by atoms with Crippen LogP contribution in [-0.4, -0.2) is 0 Å². The summed E-state index contributed by atoms with van der Waals surface area (Å²) in [7, 11) is 0. The topological polar surface area (TPSA) is 47.6 Å². The SMILES string of the molecule is C=CCC(c1ccccc1)C(C#N)(C#N)Cc1ccc(Cl)cc1. The molecule has 0 saturated carbocycles. The van der Waals surface area contributed by atoms with Gasteiger partial charge < -0.3 is 0 Å². The van der Waals surface area contributed by atoms with Gasteiger partial charge in [0.25, 0.3) is 0 Å². The van der Waals surface area contributed by atoms with Gasteiger partial charge in [0.15, 0.2) is 5.41 Å². The molecule has 2 aromatic rings. The molecular weight excluding hydrogens is 304 g/mol. The lowest BCUT2D eigenvalue weighted by molar-refractivity contribution is 0.408. The molecule has 1 atom stereocenters. The molecule has 1 unspecified atom stereocenters. The van der Waals surface area contributed by atoms with Crippen LogP contribution in [0.15, 0.2) is 67.3 Å². The normalized spacial score (nSPS) is 12.0. The number of hydrogen-bond acceptors (Lipinski definition) is 2. The van der Waals surface area contributed by atoms with Crippen molar-refractivity contribution < 1.29 is 0 Å². The number of hydrogen-bond donors (Lipinski definition) is 0. The highest BCUT2D eigenvalue weighted by atomic mass is 35.5. The van der Waals surface area contributed by atoms with Crippen molar-refractivity contribution in [2.24, 2.45) is 5.41 Å². The summed E-state index contributed by atoms with van der Waals surface area (Å²) in [4.78, 5) is 0. The van der Waals surface area contributed by atoms with E-state index >= 15 is 0 Å². The number of benzene rings is 2. The molecule has 0 spiro atoms. The molecule has 0 heterocycles. The van der Waals surface area contributed by atoms with E-state index in [0.29, 0.717) is 17.9 Å². The van der Waals surface area contributed by atoms with E-state index in [2.05, 4.69) is 18.7 Å². The minimum Gasteiger partial charge on any atom is -0.197 e. The third-order valence-corrected chi connectivity index (χ3v) is 4.25. The van der Waals surface area contributed by atoms with Crippen LogP contribution >= 0.6 is 11.6 Å². The van der Waals surface area contributed by atoms with Crippen molar-refractivity contribution in [1.82, 2.24) is 0 Å². The molecule has 0 N–H and O–H groups in total. The Kier molecular flexibility index (Phi) is 5.58. The van der Waals surface area contributed by atoms with Crippen molar-refractivity contribution in [2.45, 2.75) is 18.8 Å². The van der Waals surface area contributed by atoms with Gasteiger partial charge in [-0.1, -0.05) is 60.1 Å². The van der Waals surface area contributed by atoms with Crippen molar-refractivity contribution in [3.63, 3.8) is 0 Å². The van der Waals surface area contributed by atoms with E-state index < -0.39 is 5.41 Å². The van der Waals surface area contributed by atoms with Crippen LogP contribution in [0.1, 0.15) is 23.5 Å². The van der Waals surface area contributed by atoms with Gasteiger partial charge in [-0.15, -0.1) is 6.58 Å². The van der Waals surface area contributed by atoms with Crippen LogP contribution < -0.4 is 0 Å². The maximum Gasteiger partial charge on any atom is 0.154 e. The maximum atomic E-state index is 9.82. The molecule has 3 heteroatoms. The Balaban J connectivity index is 2.44. The first-order chi connectivity index (χ1) is 11.1. The van der Waals surface area contributed by atoms with Crippen LogP contribution in [0, 0.1) is 28.1 Å². The first-order valence-corrected chi connectivity index (χ1v) is 7.76. The predicted octanol–water partition coefficient (Wildman–Crippen LogP) is 5.28. The second-order valence-corrected chi connectivity index (χ2v) is 5.92. The monoisotopic (exact) mass is 320 g/mol. The van der Waals surface area contributed by atoms with Crippen LogP contribution in [0.4, 0.5) is 0 Å². The smallest absolute Gasteiger partial charge is 0.154 e. The Bertz CT molecular complexity index is 722. The number of halogens is 1. The fourth-order valence-electron chi connectivity index (χ4n) is 2.78. The molecule has 23 heavy (non-hydrogen) atoms. The van der Waals surface area contributed by atoms with Crippen LogP contribution in [0.2, 0.25) is 5.02 Å². The Morgan fingerprint density at radius 1 is 1.04 bits per heavy atom. The number of nitrogens with zero attached hydrogens (tertiary/aromatic N) is 2. The van der Waals surface area contributed by atoms with E-state index in [4.69, 9.17) is 11.6 Å². The van der Waals surface area contributed by atoms with Gasteiger partial charge in [-0.05, 0) is 29.7 Å². The number of nitriles is 2. The quantitative estimate of drug-likeness (QED) is 0.680. The predicted molar refractivity (Wildman–Crippen MR) is 92.8 cm³/mol. The van der Waals surface area contributed by atoms with Crippen LogP contribution in [0.3, 0.4) is 0 Å². The second kappa shape index (κ2) is 7.63. The van der Waals surface area contributed by atoms with Gasteiger partial charge >= 0.3 is 0 Å². The van der Waals surface area contributed by atoms with Crippen LogP contribution in [-0.2, 0) is 6.42 Å². The molecule has 0 aliphatic heterocycles. The average molecular weight is 321 g/mol. The van der Waals surface area contributed by atoms with E-state index in [-0.39, 0.29) is 5.92 Å². The van der Waals surface area contributed by atoms with E-state index in [1.807, 2.05) is 42.5 Å². The summed E-state index contributed by atoms with van der Waals surface area (Å²) in [6.45, 7) is 3.79. The number of allylic oxidation sites excluding steroid dienone is 1. The van der Waals surface area contributed by atoms with Crippen molar-refractivity contribution in [3.8, 4) is 12.1 Å². The second-order valence-electron chi connectivity index (χ2n) is 5.49. The third-order valence-electron chi connectivity index (χ3n) is 3.99. The zero-order chi connectivity index (χ0) is 16.7. The van der Waals surface area contributed by atoms with Crippen molar-refractivity contribution >= 4 is 11.6 Å². The molecule has 2 rings (SSSR count). The Hall–Kier alpha value is -2.55. The highest BCUT2D eigenvalue weighted by Gasteiger charge is 2.40. The first-order valence-electron chi connectivity index (χ1n) is 7.38. The molecule has 2 aromatic carbocycles. The summed E-state index contributed by atoms with van der Waals surface area (Å²) in [5.41, 5.74) is 0.746. The van der Waals surface area contributed by atoms with Gasteiger partial charge in [0.05, 0.1) is 12.1 Å². The molecule has 2 nitrogen and oxygen atoms in total. The Morgan fingerprint density at radius 2 is 1.65 bits per heavy atom. The first kappa shape index (κ1) is 16.8. The molecule has 0 bridgehead atoms. The summed E-state index contributed by atoms with van der Waals surface area (Å²) >= 11 is 5.92. The molecule has 0 aliphatic rings. The fraction of sp³-hybridized carbons (Fsp3) is 0.200. The lowest BCUT2D eigenvalue weighted by Gasteiger charge is -2.29. The van der Waals surface area contributed by atoms with Crippen LogP contribution in [0.25, 0.3) is 0 Å². The van der Waals surface area contributed by atoms with Gasteiger partial charge in [0.2, 0.25) is 0 Å². The van der Waals surface area contributed by atoms with Gasteiger partial charge in [-0.3, -0.25) is 0 Å². The molecule has 0 radical (unpaired) electrons. The molecule has 114 valence electrons. The van der Waals surface area contributed by atoms with Crippen LogP contribution in [0.5, 0.6) is 0 Å². The van der Waals surface area contributed by atoms with E-state index in [9.17, 15) is 10.5 Å². The van der Waals surface area contributed by atoms with Gasteiger partial charge in [-0.2, -0.15) is 10.5 Å². The van der Waals surface area contributed by atoms with Gasteiger partial charge in [0, 0.05) is 17.4 Å². The minimum atomic E-state index is -1.15. The van der Waals surface area contributed by atoms with Crippen molar-refractivity contribution in [1.29, 1.82) is 10.5 Å². The summed E-state index contributed by atoms with van der Waals surface area (Å²) < 4.78 is 0. The molecule has 0 fully saturated rings. The molecule has 0 amide bonds. The number of rotatable bonds is 6. The zero-order valence-electron chi connectivity index (χ0n) is 12.7. The molecule has 0 saturated heterocycles.